The molecule has 0 aliphatic carbocycles. The van der Waals surface area contributed by atoms with Crippen LogP contribution in [0.15, 0.2) is 24.3 Å². The fraction of sp³-hybridized carbons (Fsp3) is 0.625. The third-order valence-electron chi connectivity index (χ3n) is 4.61. The second-order valence-corrected chi connectivity index (χ2v) is 6.23. The van der Waals surface area contributed by atoms with Gasteiger partial charge in [0, 0.05) is 24.3 Å². The zero-order chi connectivity index (χ0) is 12.6. The zero-order valence-corrected chi connectivity index (χ0v) is 11.6. The highest BCUT2D eigenvalue weighted by Crippen LogP contribution is 2.33. The van der Waals surface area contributed by atoms with Gasteiger partial charge in [0.15, 0.2) is 0 Å². The Balaban J connectivity index is 1.72. The molecule has 2 aliphatic heterocycles. The van der Waals surface area contributed by atoms with Crippen molar-refractivity contribution in [2.24, 2.45) is 0 Å². The van der Waals surface area contributed by atoms with Crippen molar-refractivity contribution in [3.05, 3.63) is 29.8 Å². The molecular weight excluding hydrogens is 220 g/mol. The molecule has 1 aromatic carbocycles. The standard InChI is InChI=1S/C16H24N2/c1-13(2)14-4-6-15(7-5-14)18-11-9-16(12-18)8-3-10-17-16/h4-7,13,17H,3,8-12H2,1-2H3. The van der Waals surface area contributed by atoms with Crippen LogP contribution in [0.25, 0.3) is 0 Å². The molecule has 2 heterocycles. The van der Waals surface area contributed by atoms with E-state index in [0.717, 1.165) is 0 Å². The first-order chi connectivity index (χ1) is 8.69. The van der Waals surface area contributed by atoms with Gasteiger partial charge in [0.25, 0.3) is 0 Å². The van der Waals surface area contributed by atoms with Gasteiger partial charge in [-0.25, -0.2) is 0 Å². The Morgan fingerprint density at radius 3 is 2.56 bits per heavy atom. The summed E-state index contributed by atoms with van der Waals surface area (Å²) in [6, 6.07) is 9.16. The smallest absolute Gasteiger partial charge is 0.0374 e. The molecule has 18 heavy (non-hydrogen) atoms. The maximum absolute atomic E-state index is 3.72. The second-order valence-electron chi connectivity index (χ2n) is 6.23. The molecule has 1 atom stereocenters. The fourth-order valence-electron chi connectivity index (χ4n) is 3.38. The minimum absolute atomic E-state index is 0.427. The lowest BCUT2D eigenvalue weighted by Gasteiger charge is -2.25. The van der Waals surface area contributed by atoms with E-state index in [9.17, 15) is 0 Å². The Kier molecular flexibility index (Phi) is 3.06. The van der Waals surface area contributed by atoms with Gasteiger partial charge in [0.05, 0.1) is 0 Å². The van der Waals surface area contributed by atoms with Crippen LogP contribution >= 0.6 is 0 Å². The minimum Gasteiger partial charge on any atom is -0.370 e. The minimum atomic E-state index is 0.427. The summed E-state index contributed by atoms with van der Waals surface area (Å²) in [5.41, 5.74) is 3.26. The predicted molar refractivity (Wildman–Crippen MR) is 77.3 cm³/mol. The molecule has 3 rings (SSSR count). The maximum atomic E-state index is 3.72. The average molecular weight is 244 g/mol. The largest absolute Gasteiger partial charge is 0.370 e. The first kappa shape index (κ1) is 12.0. The number of nitrogens with zero attached hydrogens (tertiary/aromatic N) is 1. The average Bonchev–Trinajstić information content (AvgIpc) is 3.01. The molecule has 2 nitrogen and oxygen atoms in total. The van der Waals surface area contributed by atoms with Crippen molar-refractivity contribution in [1.82, 2.24) is 5.32 Å². The molecule has 1 aromatic rings. The summed E-state index contributed by atoms with van der Waals surface area (Å²) in [5, 5.41) is 3.72. The SMILES string of the molecule is CC(C)c1ccc(N2CCC3(CCCN3)C2)cc1. The van der Waals surface area contributed by atoms with E-state index in [4.69, 9.17) is 0 Å². The van der Waals surface area contributed by atoms with Crippen LogP contribution in [0, 0.1) is 0 Å². The van der Waals surface area contributed by atoms with Gasteiger partial charge in [-0.15, -0.1) is 0 Å². The van der Waals surface area contributed by atoms with Crippen molar-refractivity contribution >= 4 is 5.69 Å². The quantitative estimate of drug-likeness (QED) is 0.860. The predicted octanol–water partition coefficient (Wildman–Crippen LogP) is 3.14. The molecule has 1 spiro atoms. The molecule has 98 valence electrons. The highest BCUT2D eigenvalue weighted by Gasteiger charge is 2.39. The van der Waals surface area contributed by atoms with E-state index in [1.54, 1.807) is 0 Å². The third-order valence-corrected chi connectivity index (χ3v) is 4.61. The third kappa shape index (κ3) is 2.14. The molecule has 2 fully saturated rings. The highest BCUT2D eigenvalue weighted by atomic mass is 15.2. The van der Waals surface area contributed by atoms with Gasteiger partial charge in [0.1, 0.15) is 0 Å². The first-order valence-electron chi connectivity index (χ1n) is 7.29. The van der Waals surface area contributed by atoms with Gasteiger partial charge in [0.2, 0.25) is 0 Å². The lowest BCUT2D eigenvalue weighted by atomic mass is 9.97. The van der Waals surface area contributed by atoms with Crippen molar-refractivity contribution in [2.45, 2.75) is 44.6 Å². The number of hydrogen-bond donors (Lipinski definition) is 1. The summed E-state index contributed by atoms with van der Waals surface area (Å²) < 4.78 is 0. The lowest BCUT2D eigenvalue weighted by Crippen LogP contribution is -2.42. The van der Waals surface area contributed by atoms with E-state index in [0.29, 0.717) is 11.5 Å². The molecule has 2 heteroatoms. The molecule has 0 saturated carbocycles. The summed E-state index contributed by atoms with van der Waals surface area (Å²) in [5.74, 6) is 0.625. The van der Waals surface area contributed by atoms with Crippen molar-refractivity contribution in [3.8, 4) is 0 Å². The molecule has 1 unspecified atom stereocenters. The van der Waals surface area contributed by atoms with Crippen LogP contribution in [-0.2, 0) is 0 Å². The van der Waals surface area contributed by atoms with Crippen LogP contribution in [0.1, 0.15) is 44.6 Å². The molecule has 0 bridgehead atoms. The number of benzene rings is 1. The number of rotatable bonds is 2. The summed E-state index contributed by atoms with van der Waals surface area (Å²) in [6.45, 7) is 8.10. The van der Waals surface area contributed by atoms with Crippen LogP contribution in [-0.4, -0.2) is 25.2 Å². The van der Waals surface area contributed by atoms with Crippen LogP contribution < -0.4 is 10.2 Å². The Bertz CT molecular complexity index is 402. The van der Waals surface area contributed by atoms with E-state index >= 15 is 0 Å². The van der Waals surface area contributed by atoms with Gasteiger partial charge in [-0.2, -0.15) is 0 Å². The van der Waals surface area contributed by atoms with Gasteiger partial charge in [-0.3, -0.25) is 0 Å². The van der Waals surface area contributed by atoms with Crippen molar-refractivity contribution in [1.29, 1.82) is 0 Å². The molecule has 2 aliphatic rings. The second kappa shape index (κ2) is 4.58. The zero-order valence-electron chi connectivity index (χ0n) is 11.6. The van der Waals surface area contributed by atoms with E-state index in [1.165, 1.54) is 50.1 Å². The number of anilines is 1. The molecule has 0 radical (unpaired) electrons. The van der Waals surface area contributed by atoms with Crippen molar-refractivity contribution in [3.63, 3.8) is 0 Å². The van der Waals surface area contributed by atoms with Crippen LogP contribution in [0.4, 0.5) is 5.69 Å². The normalized spacial score (nSPS) is 27.6. The monoisotopic (exact) mass is 244 g/mol. The highest BCUT2D eigenvalue weighted by molar-refractivity contribution is 5.50. The Labute approximate surface area is 110 Å². The van der Waals surface area contributed by atoms with E-state index in [1.807, 2.05) is 0 Å². The summed E-state index contributed by atoms with van der Waals surface area (Å²) in [4.78, 5) is 2.54. The molecule has 1 N–H and O–H groups in total. The van der Waals surface area contributed by atoms with E-state index in [-0.39, 0.29) is 0 Å². The van der Waals surface area contributed by atoms with Gasteiger partial charge < -0.3 is 10.2 Å². The molecule has 0 amide bonds. The topological polar surface area (TPSA) is 15.3 Å². The molecular formula is C16H24N2. The number of nitrogens with one attached hydrogen (secondary N) is 1. The Morgan fingerprint density at radius 1 is 1.17 bits per heavy atom. The van der Waals surface area contributed by atoms with E-state index in [2.05, 4.69) is 48.3 Å². The van der Waals surface area contributed by atoms with Crippen molar-refractivity contribution < 1.29 is 0 Å². The van der Waals surface area contributed by atoms with Gasteiger partial charge in [-0.05, 0) is 49.4 Å². The molecule has 2 saturated heterocycles. The summed E-state index contributed by atoms with van der Waals surface area (Å²) >= 11 is 0. The Hall–Kier alpha value is -1.02. The fourth-order valence-corrected chi connectivity index (χ4v) is 3.38. The summed E-state index contributed by atoms with van der Waals surface area (Å²) in [6.07, 6.45) is 4.01. The van der Waals surface area contributed by atoms with Gasteiger partial charge >= 0.3 is 0 Å². The maximum Gasteiger partial charge on any atom is 0.0374 e. The lowest BCUT2D eigenvalue weighted by molar-refractivity contribution is 0.419. The van der Waals surface area contributed by atoms with Gasteiger partial charge in [-0.1, -0.05) is 26.0 Å². The Morgan fingerprint density at radius 2 is 1.94 bits per heavy atom. The van der Waals surface area contributed by atoms with Crippen molar-refractivity contribution in [2.75, 3.05) is 24.5 Å². The number of hydrogen-bond acceptors (Lipinski definition) is 2. The molecule has 0 aromatic heterocycles. The first-order valence-corrected chi connectivity index (χ1v) is 7.29. The summed E-state index contributed by atoms with van der Waals surface area (Å²) in [7, 11) is 0. The van der Waals surface area contributed by atoms with Crippen LogP contribution in [0.3, 0.4) is 0 Å². The van der Waals surface area contributed by atoms with Crippen LogP contribution in [0.2, 0.25) is 0 Å². The van der Waals surface area contributed by atoms with Crippen LogP contribution in [0.5, 0.6) is 0 Å². The van der Waals surface area contributed by atoms with E-state index < -0.39 is 0 Å².